The van der Waals surface area contributed by atoms with E-state index in [4.69, 9.17) is 5.73 Å². The van der Waals surface area contributed by atoms with Crippen LogP contribution in [0, 0.1) is 0 Å². The summed E-state index contributed by atoms with van der Waals surface area (Å²) in [5, 5.41) is 4.89. The Balaban J connectivity index is 2.12. The summed E-state index contributed by atoms with van der Waals surface area (Å²) in [6.45, 7) is 19.0. The predicted molar refractivity (Wildman–Crippen MR) is 174 cm³/mol. The molecule has 1 aliphatic heterocycles. The molecule has 0 amide bonds. The van der Waals surface area contributed by atoms with Crippen molar-refractivity contribution in [2.75, 3.05) is 0 Å². The van der Waals surface area contributed by atoms with Crippen LogP contribution >= 0.6 is 0 Å². The fourth-order valence-electron chi connectivity index (χ4n) is 7.43. The molecule has 0 aromatic carbocycles. The molecule has 0 unspecified atom stereocenters. The zero-order chi connectivity index (χ0) is 29.4. The van der Waals surface area contributed by atoms with E-state index in [1.54, 1.807) is 0 Å². The van der Waals surface area contributed by atoms with E-state index in [0.717, 1.165) is 62.9 Å². The van der Waals surface area contributed by atoms with Gasteiger partial charge in [-0.15, -0.1) is 0 Å². The highest BCUT2D eigenvalue weighted by molar-refractivity contribution is 5.75. The van der Waals surface area contributed by atoms with Crippen LogP contribution in [0.15, 0.2) is 24.3 Å². The lowest BCUT2D eigenvalue weighted by Gasteiger charge is -2.10. The van der Waals surface area contributed by atoms with Crippen molar-refractivity contribution < 1.29 is 0 Å². The molecule has 5 N–H and O–H groups in total. The average molecular weight is 552 g/mol. The third-order valence-corrected chi connectivity index (χ3v) is 9.27. The maximum Gasteiger partial charge on any atom is 0.0800 e. The van der Waals surface area contributed by atoms with Crippen LogP contribution in [0.4, 0.5) is 0 Å². The lowest BCUT2D eigenvalue weighted by molar-refractivity contribution is 0.710. The van der Waals surface area contributed by atoms with E-state index in [1.165, 1.54) is 77.5 Å². The highest BCUT2D eigenvalue weighted by Gasteiger charge is 2.23. The molecule has 0 atom stereocenters. The van der Waals surface area contributed by atoms with Gasteiger partial charge < -0.3 is 25.3 Å². The van der Waals surface area contributed by atoms with Crippen LogP contribution in [0.3, 0.4) is 0 Å². The summed E-state index contributed by atoms with van der Waals surface area (Å²) in [6.07, 6.45) is 6.64. The van der Waals surface area contributed by atoms with Crippen LogP contribution in [-0.4, -0.2) is 19.5 Å². The highest BCUT2D eigenvalue weighted by atomic mass is 15.0. The molecule has 8 bridgehead atoms. The quantitative estimate of drug-likeness (QED) is 0.244. The summed E-state index contributed by atoms with van der Waals surface area (Å²) in [6, 6.07) is 9.05. The summed E-state index contributed by atoms with van der Waals surface area (Å²) in [5.41, 5.74) is 22.5. The zero-order valence-corrected chi connectivity index (χ0v) is 26.5. The van der Waals surface area contributed by atoms with Crippen LogP contribution in [0.25, 0.3) is 22.4 Å². The molecule has 5 rings (SSSR count). The first kappa shape index (κ1) is 28.9. The Bertz CT molecular complexity index is 1830. The molecule has 0 saturated carbocycles. The number of nitrogens with one attached hydrogen (secondary N) is 3. The second-order valence-electron chi connectivity index (χ2n) is 11.1. The molecular weight excluding hydrogens is 502 g/mol. The fourth-order valence-corrected chi connectivity index (χ4v) is 7.43. The second kappa shape index (κ2) is 11.7. The predicted octanol–water partition coefficient (Wildman–Crippen LogP) is 5.00. The molecule has 218 valence electrons. The van der Waals surface area contributed by atoms with Crippen molar-refractivity contribution in [1.29, 1.82) is 0 Å². The van der Waals surface area contributed by atoms with Crippen LogP contribution < -0.4 is 27.1 Å². The second-order valence-corrected chi connectivity index (χ2v) is 11.1. The van der Waals surface area contributed by atoms with Gasteiger partial charge in [0.05, 0.1) is 22.1 Å². The Labute approximate surface area is 245 Å². The molecule has 1 aliphatic rings. The molecule has 5 heteroatoms. The largest absolute Gasteiger partial charge is 0.395 e. The van der Waals surface area contributed by atoms with E-state index in [-0.39, 0.29) is 0 Å². The van der Waals surface area contributed by atoms with Gasteiger partial charge in [-0.3, -0.25) is 0 Å². The highest BCUT2D eigenvalue weighted by Crippen LogP contribution is 2.29. The lowest BCUT2D eigenvalue weighted by atomic mass is 9.97. The number of nitrogens with two attached hydrogens (primary N) is 1. The van der Waals surface area contributed by atoms with Gasteiger partial charge in [0.1, 0.15) is 0 Å². The Hall–Kier alpha value is -3.60. The van der Waals surface area contributed by atoms with Gasteiger partial charge in [0.25, 0.3) is 0 Å². The van der Waals surface area contributed by atoms with E-state index in [2.05, 4.69) is 99.2 Å². The standard InChI is InChI=1S/C36H49N5/c1-9-21-22(10-2)34-32(37)36-24(12-4)23(11-3)35(41(36)16-8)27(15-7)31-20-18-29(39-31)25(13-5)28-17-19-30(38-28)26(14-6)33(21)40-34/h17-20,38-40H,9-16,37H2,1-8H3. The van der Waals surface area contributed by atoms with Gasteiger partial charge in [-0.05, 0) is 115 Å². The number of H-pyrrole nitrogens is 3. The van der Waals surface area contributed by atoms with Crippen molar-refractivity contribution in [3.8, 4) is 0 Å². The van der Waals surface area contributed by atoms with Crippen LogP contribution in [0.2, 0.25) is 0 Å². The molecule has 4 aromatic heterocycles. The SMILES string of the molecule is CCC1=c2ccc([nH]2)=C(CC)c2[nH]c(c(CC)c2CC)C(N)=c2c(CC)c(CC)c(n2CC)=C(CC)c2ccc1[nH]2. The van der Waals surface area contributed by atoms with Gasteiger partial charge in [-0.2, -0.15) is 0 Å². The lowest BCUT2D eigenvalue weighted by Crippen LogP contribution is -2.33. The molecule has 5 nitrogen and oxygen atoms in total. The molecular formula is C36H49N5. The van der Waals surface area contributed by atoms with Crippen molar-refractivity contribution in [3.63, 3.8) is 0 Å². The van der Waals surface area contributed by atoms with Crippen molar-refractivity contribution in [3.05, 3.63) is 90.7 Å². The van der Waals surface area contributed by atoms with Crippen molar-refractivity contribution in [2.45, 2.75) is 107 Å². The molecule has 0 spiro atoms. The summed E-state index contributed by atoms with van der Waals surface area (Å²) < 4.78 is 2.51. The Morgan fingerprint density at radius 1 is 0.512 bits per heavy atom. The third-order valence-electron chi connectivity index (χ3n) is 9.27. The topological polar surface area (TPSA) is 78.3 Å². The van der Waals surface area contributed by atoms with Gasteiger partial charge >= 0.3 is 0 Å². The first-order chi connectivity index (χ1) is 19.9. The molecule has 4 aromatic rings. The average Bonchev–Trinajstić information content (AvgIpc) is 3.78. The molecule has 0 saturated heterocycles. The number of aromatic amines is 3. The van der Waals surface area contributed by atoms with Crippen LogP contribution in [0.1, 0.15) is 120 Å². The molecule has 5 heterocycles. The summed E-state index contributed by atoms with van der Waals surface area (Å²) in [5.74, 6) is 0. The van der Waals surface area contributed by atoms with Gasteiger partial charge in [0.2, 0.25) is 0 Å². The van der Waals surface area contributed by atoms with Crippen molar-refractivity contribution in [2.24, 2.45) is 5.73 Å². The Kier molecular flexibility index (Phi) is 8.26. The molecule has 41 heavy (non-hydrogen) atoms. The fraction of sp³-hybridized carbons (Fsp3) is 0.444. The van der Waals surface area contributed by atoms with E-state index < -0.39 is 0 Å². The first-order valence-corrected chi connectivity index (χ1v) is 16.0. The van der Waals surface area contributed by atoms with Gasteiger partial charge in [0, 0.05) is 34.3 Å². The van der Waals surface area contributed by atoms with E-state index in [1.807, 2.05) is 0 Å². The van der Waals surface area contributed by atoms with Gasteiger partial charge in [-0.25, -0.2) is 0 Å². The monoisotopic (exact) mass is 551 g/mol. The minimum atomic E-state index is 0.869. The third kappa shape index (κ3) is 4.45. The maximum atomic E-state index is 7.34. The number of rotatable bonds is 8. The normalized spacial score (nSPS) is 13.6. The van der Waals surface area contributed by atoms with Gasteiger partial charge in [-0.1, -0.05) is 48.5 Å². The van der Waals surface area contributed by atoms with Gasteiger partial charge in [0.15, 0.2) is 0 Å². The zero-order valence-electron chi connectivity index (χ0n) is 26.5. The summed E-state index contributed by atoms with van der Waals surface area (Å²) in [4.78, 5) is 11.6. The van der Waals surface area contributed by atoms with Crippen molar-refractivity contribution in [1.82, 2.24) is 19.5 Å². The van der Waals surface area contributed by atoms with E-state index >= 15 is 0 Å². The van der Waals surface area contributed by atoms with E-state index in [9.17, 15) is 0 Å². The first-order valence-electron chi connectivity index (χ1n) is 16.0. The van der Waals surface area contributed by atoms with Crippen molar-refractivity contribution >= 4 is 22.4 Å². The number of hydrogen-bond donors (Lipinski definition) is 4. The molecule has 0 aliphatic carbocycles. The Morgan fingerprint density at radius 2 is 1.02 bits per heavy atom. The van der Waals surface area contributed by atoms with Crippen LogP contribution in [-0.2, 0) is 32.2 Å². The molecule has 0 fully saturated rings. The minimum absolute atomic E-state index is 0.869. The number of aromatic nitrogens is 4. The number of nitrogens with zero attached hydrogens (tertiary/aromatic N) is 1. The summed E-state index contributed by atoms with van der Waals surface area (Å²) in [7, 11) is 0. The Morgan fingerprint density at radius 3 is 1.56 bits per heavy atom. The smallest absolute Gasteiger partial charge is 0.0800 e. The van der Waals surface area contributed by atoms with Crippen LogP contribution in [0.5, 0.6) is 0 Å². The van der Waals surface area contributed by atoms with E-state index in [0.29, 0.717) is 0 Å². The minimum Gasteiger partial charge on any atom is -0.395 e. The number of hydrogen-bond acceptors (Lipinski definition) is 1. The maximum absolute atomic E-state index is 7.34. The number of fused-ring (bicyclic) bond motifs is 8. The molecule has 0 radical (unpaired) electrons. The summed E-state index contributed by atoms with van der Waals surface area (Å²) >= 11 is 0.